The van der Waals surface area contributed by atoms with Crippen LogP contribution in [0.25, 0.3) is 0 Å². The fourth-order valence-electron chi connectivity index (χ4n) is 4.21. The lowest BCUT2D eigenvalue weighted by atomic mass is 10.0. The minimum absolute atomic E-state index is 0.211. The molecule has 0 radical (unpaired) electrons. The van der Waals surface area contributed by atoms with E-state index in [9.17, 15) is 13.6 Å². The summed E-state index contributed by atoms with van der Waals surface area (Å²) in [5.41, 5.74) is 4.59. The van der Waals surface area contributed by atoms with Crippen molar-refractivity contribution >= 4 is 17.7 Å². The van der Waals surface area contributed by atoms with E-state index in [2.05, 4.69) is 40.7 Å². The number of carbonyl (C=O) groups excluding carboxylic acids is 1. The summed E-state index contributed by atoms with van der Waals surface area (Å²) in [6.07, 6.45) is 4.45. The summed E-state index contributed by atoms with van der Waals surface area (Å²) in [5.74, 6) is -0.686. The van der Waals surface area contributed by atoms with Crippen LogP contribution < -0.4 is 10.6 Å². The van der Waals surface area contributed by atoms with Crippen molar-refractivity contribution in [3.05, 3.63) is 131 Å². The number of hydrogen-bond donors (Lipinski definition) is 2. The monoisotopic (exact) mass is 531 g/mol. The van der Waals surface area contributed by atoms with Crippen LogP contribution in [0.15, 0.2) is 96.2 Å². The molecule has 1 atom stereocenters. The molecule has 0 aliphatic carbocycles. The van der Waals surface area contributed by atoms with Crippen LogP contribution in [0.2, 0.25) is 0 Å². The van der Waals surface area contributed by atoms with Gasteiger partial charge in [-0.25, -0.2) is 8.78 Å². The third kappa shape index (κ3) is 8.78. The minimum Gasteiger partial charge on any atom is -0.349 e. The molecule has 0 saturated heterocycles. The average Bonchev–Trinajstić information content (AvgIpc) is 2.90. The summed E-state index contributed by atoms with van der Waals surface area (Å²) >= 11 is 1.64. The second-order valence-corrected chi connectivity index (χ2v) is 10.3. The van der Waals surface area contributed by atoms with Gasteiger partial charge in [-0.05, 0) is 85.5 Å². The highest BCUT2D eigenvalue weighted by atomic mass is 32.2. The Morgan fingerprint density at radius 1 is 0.895 bits per heavy atom. The molecule has 4 nitrogen and oxygen atoms in total. The van der Waals surface area contributed by atoms with Crippen molar-refractivity contribution in [1.29, 1.82) is 0 Å². The zero-order valence-electron chi connectivity index (χ0n) is 21.3. The standard InChI is InChI=1S/C31H31F2N3OS/c1-22-4-2-5-24(14-22)20-35-13-10-29(17-25-15-27(32)19-28(33)16-25)36-31(37)26-6-3-7-30(18-26)38-21-23-8-11-34-12-9-23/h2-9,11-12,14-16,18-19,29,35H,10,13,17,20-21H2,1H3,(H,36,37). The largest absolute Gasteiger partial charge is 0.349 e. The predicted molar refractivity (Wildman–Crippen MR) is 149 cm³/mol. The van der Waals surface area contributed by atoms with E-state index < -0.39 is 11.6 Å². The van der Waals surface area contributed by atoms with Crippen molar-refractivity contribution in [1.82, 2.24) is 15.6 Å². The molecule has 7 heteroatoms. The smallest absolute Gasteiger partial charge is 0.251 e. The van der Waals surface area contributed by atoms with Gasteiger partial charge in [-0.15, -0.1) is 11.8 Å². The van der Waals surface area contributed by atoms with Crippen molar-refractivity contribution in [3.8, 4) is 0 Å². The molecular formula is C31H31F2N3OS. The predicted octanol–water partition coefficient (Wildman–Crippen LogP) is 6.48. The molecule has 0 bridgehead atoms. The third-order valence-corrected chi connectivity index (χ3v) is 7.14. The van der Waals surface area contributed by atoms with E-state index in [4.69, 9.17) is 0 Å². The SMILES string of the molecule is Cc1cccc(CNCCC(Cc2cc(F)cc(F)c2)NC(=O)c2cccc(SCc3ccncc3)c2)c1. The van der Waals surface area contributed by atoms with Crippen LogP contribution in [0.5, 0.6) is 0 Å². The quantitative estimate of drug-likeness (QED) is 0.162. The maximum absolute atomic E-state index is 13.8. The first kappa shape index (κ1) is 27.5. The first-order valence-electron chi connectivity index (χ1n) is 12.6. The van der Waals surface area contributed by atoms with Crippen molar-refractivity contribution in [2.75, 3.05) is 6.54 Å². The van der Waals surface area contributed by atoms with E-state index in [-0.39, 0.29) is 11.9 Å². The maximum Gasteiger partial charge on any atom is 0.251 e. The summed E-state index contributed by atoms with van der Waals surface area (Å²) in [7, 11) is 0. The number of aryl methyl sites for hydroxylation is 1. The van der Waals surface area contributed by atoms with Crippen LogP contribution in [0.4, 0.5) is 8.78 Å². The van der Waals surface area contributed by atoms with Crippen LogP contribution in [0.1, 0.15) is 39.0 Å². The van der Waals surface area contributed by atoms with Crippen LogP contribution in [0.3, 0.4) is 0 Å². The number of amides is 1. The Morgan fingerprint density at radius 2 is 1.66 bits per heavy atom. The molecule has 0 aliphatic heterocycles. The first-order chi connectivity index (χ1) is 18.4. The number of carbonyl (C=O) groups is 1. The zero-order chi connectivity index (χ0) is 26.7. The molecule has 1 heterocycles. The summed E-state index contributed by atoms with van der Waals surface area (Å²) in [5, 5.41) is 6.50. The summed E-state index contributed by atoms with van der Waals surface area (Å²) < 4.78 is 27.7. The third-order valence-electron chi connectivity index (χ3n) is 6.07. The number of halogens is 2. The molecule has 4 aromatic rings. The number of thioether (sulfide) groups is 1. The van der Waals surface area contributed by atoms with Crippen LogP contribution in [-0.4, -0.2) is 23.5 Å². The van der Waals surface area contributed by atoms with Gasteiger partial charge >= 0.3 is 0 Å². The van der Waals surface area contributed by atoms with Crippen molar-refractivity contribution in [3.63, 3.8) is 0 Å². The van der Waals surface area contributed by atoms with Gasteiger partial charge < -0.3 is 10.6 Å². The van der Waals surface area contributed by atoms with Gasteiger partial charge in [0.1, 0.15) is 11.6 Å². The van der Waals surface area contributed by atoms with Gasteiger partial charge in [0.2, 0.25) is 0 Å². The molecule has 0 spiro atoms. The molecule has 3 aromatic carbocycles. The maximum atomic E-state index is 13.8. The number of rotatable bonds is 12. The van der Waals surface area contributed by atoms with Gasteiger partial charge in [-0.1, -0.05) is 35.9 Å². The van der Waals surface area contributed by atoms with E-state index in [1.807, 2.05) is 36.4 Å². The molecule has 0 aliphatic rings. The molecule has 4 rings (SSSR count). The topological polar surface area (TPSA) is 54.0 Å². The first-order valence-corrected chi connectivity index (χ1v) is 13.6. The van der Waals surface area contributed by atoms with Crippen LogP contribution in [0, 0.1) is 18.6 Å². The Balaban J connectivity index is 1.39. The van der Waals surface area contributed by atoms with Gasteiger partial charge in [0.05, 0.1) is 0 Å². The second kappa shape index (κ2) is 13.8. The van der Waals surface area contributed by atoms with Crippen molar-refractivity contribution < 1.29 is 13.6 Å². The zero-order valence-corrected chi connectivity index (χ0v) is 22.1. The lowest BCUT2D eigenvalue weighted by Crippen LogP contribution is -2.38. The van der Waals surface area contributed by atoms with Gasteiger partial charge in [-0.3, -0.25) is 9.78 Å². The summed E-state index contributed by atoms with van der Waals surface area (Å²) in [6.45, 7) is 3.39. The van der Waals surface area contributed by atoms with Gasteiger partial charge in [0.25, 0.3) is 5.91 Å². The Labute approximate surface area is 226 Å². The minimum atomic E-state index is -0.624. The molecular weight excluding hydrogens is 500 g/mol. The van der Waals surface area contributed by atoms with Crippen molar-refractivity contribution in [2.24, 2.45) is 0 Å². The lowest BCUT2D eigenvalue weighted by Gasteiger charge is -2.20. The molecule has 1 unspecified atom stereocenters. The Morgan fingerprint density at radius 3 is 2.42 bits per heavy atom. The van der Waals surface area contributed by atoms with Gasteiger partial charge in [0, 0.05) is 47.3 Å². The molecule has 196 valence electrons. The van der Waals surface area contributed by atoms with Crippen molar-refractivity contribution in [2.45, 2.75) is 43.0 Å². The summed E-state index contributed by atoms with van der Waals surface area (Å²) in [4.78, 5) is 18.2. The number of pyridine rings is 1. The number of nitrogens with one attached hydrogen (secondary N) is 2. The van der Waals surface area contributed by atoms with Crippen LogP contribution in [-0.2, 0) is 18.7 Å². The highest BCUT2D eigenvalue weighted by Gasteiger charge is 2.16. The molecule has 1 amide bonds. The Kier molecular flexibility index (Phi) is 10.0. The lowest BCUT2D eigenvalue weighted by molar-refractivity contribution is 0.0934. The highest BCUT2D eigenvalue weighted by molar-refractivity contribution is 7.98. The number of aromatic nitrogens is 1. The van der Waals surface area contributed by atoms with E-state index in [1.54, 1.807) is 30.2 Å². The average molecular weight is 532 g/mol. The number of benzene rings is 3. The normalized spacial score (nSPS) is 11.8. The fraction of sp³-hybridized carbons (Fsp3) is 0.226. The number of nitrogens with zero attached hydrogens (tertiary/aromatic N) is 1. The van der Waals surface area contributed by atoms with Gasteiger partial charge in [0.15, 0.2) is 0 Å². The molecule has 0 fully saturated rings. The van der Waals surface area contributed by atoms with E-state index in [0.717, 1.165) is 22.3 Å². The Bertz CT molecular complexity index is 1330. The van der Waals surface area contributed by atoms with E-state index in [0.29, 0.717) is 37.1 Å². The number of hydrogen-bond acceptors (Lipinski definition) is 4. The fourth-order valence-corrected chi connectivity index (χ4v) is 5.12. The molecule has 2 N–H and O–H groups in total. The van der Waals surface area contributed by atoms with E-state index >= 15 is 0 Å². The Hall–Kier alpha value is -3.55. The molecule has 1 aromatic heterocycles. The second-order valence-electron chi connectivity index (χ2n) is 9.28. The van der Waals surface area contributed by atoms with Gasteiger partial charge in [-0.2, -0.15) is 0 Å². The molecule has 38 heavy (non-hydrogen) atoms. The summed E-state index contributed by atoms with van der Waals surface area (Å²) in [6, 6.07) is 22.9. The molecule has 0 saturated carbocycles. The van der Waals surface area contributed by atoms with Crippen LogP contribution >= 0.6 is 11.8 Å². The highest BCUT2D eigenvalue weighted by Crippen LogP contribution is 2.23. The van der Waals surface area contributed by atoms with E-state index in [1.165, 1.54) is 23.3 Å².